The van der Waals surface area contributed by atoms with Gasteiger partial charge in [-0.1, -0.05) is 89.5 Å². The summed E-state index contributed by atoms with van der Waals surface area (Å²) in [7, 11) is 0. The summed E-state index contributed by atoms with van der Waals surface area (Å²) in [5.74, 6) is 0.919. The van der Waals surface area contributed by atoms with E-state index in [1.165, 1.54) is 45.6 Å². The summed E-state index contributed by atoms with van der Waals surface area (Å²) >= 11 is 4.45. The third kappa shape index (κ3) is 6.06. The SMILES string of the molecule is O=C(CSc1nnc(SCc2cccc3ccccc23)s1)NN=Cc1cccc(O)c1. The molecule has 0 saturated carbocycles. The smallest absolute Gasteiger partial charge is 0.250 e. The van der Waals surface area contributed by atoms with E-state index in [1.54, 1.807) is 36.0 Å². The van der Waals surface area contributed by atoms with E-state index in [0.29, 0.717) is 5.56 Å². The number of benzene rings is 3. The quantitative estimate of drug-likeness (QED) is 0.217. The van der Waals surface area contributed by atoms with Crippen LogP contribution in [0.15, 0.2) is 80.5 Å². The first-order chi connectivity index (χ1) is 15.2. The molecule has 0 aliphatic carbocycles. The largest absolute Gasteiger partial charge is 0.508 e. The number of hydrogen-bond donors (Lipinski definition) is 2. The Kier molecular flexibility index (Phi) is 7.18. The Morgan fingerprint density at radius 2 is 1.81 bits per heavy atom. The zero-order valence-electron chi connectivity index (χ0n) is 16.3. The van der Waals surface area contributed by atoms with Crippen molar-refractivity contribution in [1.29, 1.82) is 0 Å². The zero-order chi connectivity index (χ0) is 21.5. The predicted molar refractivity (Wildman–Crippen MR) is 128 cm³/mol. The lowest BCUT2D eigenvalue weighted by atomic mass is 10.1. The fraction of sp³-hybridized carbons (Fsp3) is 0.0909. The van der Waals surface area contributed by atoms with E-state index >= 15 is 0 Å². The minimum atomic E-state index is -0.235. The molecule has 4 rings (SSSR count). The molecular formula is C22H18N4O2S3. The van der Waals surface area contributed by atoms with Crippen molar-refractivity contribution in [1.82, 2.24) is 15.6 Å². The second-order valence-electron chi connectivity index (χ2n) is 6.44. The number of thioether (sulfide) groups is 2. The van der Waals surface area contributed by atoms with Gasteiger partial charge in [0.1, 0.15) is 5.75 Å². The van der Waals surface area contributed by atoms with Crippen LogP contribution in [0.4, 0.5) is 0 Å². The van der Waals surface area contributed by atoms with Crippen LogP contribution < -0.4 is 5.43 Å². The van der Waals surface area contributed by atoms with Gasteiger partial charge in [-0.15, -0.1) is 10.2 Å². The van der Waals surface area contributed by atoms with Gasteiger partial charge < -0.3 is 5.11 Å². The lowest BCUT2D eigenvalue weighted by molar-refractivity contribution is -0.118. The van der Waals surface area contributed by atoms with Crippen LogP contribution in [0.2, 0.25) is 0 Å². The highest BCUT2D eigenvalue weighted by atomic mass is 32.2. The van der Waals surface area contributed by atoms with Gasteiger partial charge in [-0.05, 0) is 34.0 Å². The summed E-state index contributed by atoms with van der Waals surface area (Å²) in [5.41, 5.74) is 4.43. The maximum atomic E-state index is 12.0. The molecule has 6 nitrogen and oxygen atoms in total. The number of rotatable bonds is 8. The van der Waals surface area contributed by atoms with Crippen molar-refractivity contribution in [2.75, 3.05) is 5.75 Å². The molecule has 156 valence electrons. The zero-order valence-corrected chi connectivity index (χ0v) is 18.7. The molecule has 31 heavy (non-hydrogen) atoms. The molecule has 0 bridgehead atoms. The summed E-state index contributed by atoms with van der Waals surface area (Å²) in [4.78, 5) is 12.0. The molecule has 2 N–H and O–H groups in total. The van der Waals surface area contributed by atoms with Crippen molar-refractivity contribution in [3.8, 4) is 5.75 Å². The fourth-order valence-corrected chi connectivity index (χ4v) is 5.63. The van der Waals surface area contributed by atoms with Crippen LogP contribution in [0.3, 0.4) is 0 Å². The number of nitrogens with one attached hydrogen (secondary N) is 1. The molecule has 0 aliphatic rings. The van der Waals surface area contributed by atoms with Crippen LogP contribution in [-0.4, -0.2) is 33.2 Å². The van der Waals surface area contributed by atoms with Gasteiger partial charge in [0.2, 0.25) is 0 Å². The molecule has 4 aromatic rings. The van der Waals surface area contributed by atoms with Crippen molar-refractivity contribution in [3.63, 3.8) is 0 Å². The fourth-order valence-electron chi connectivity index (χ4n) is 2.82. The molecule has 9 heteroatoms. The minimum absolute atomic E-state index is 0.149. The summed E-state index contributed by atoms with van der Waals surface area (Å²) in [5, 5.41) is 24.2. The molecule has 0 atom stereocenters. The maximum Gasteiger partial charge on any atom is 0.250 e. The first kappa shape index (κ1) is 21.4. The van der Waals surface area contributed by atoms with Crippen LogP contribution >= 0.6 is 34.9 Å². The Morgan fingerprint density at radius 1 is 1.03 bits per heavy atom. The van der Waals surface area contributed by atoms with Gasteiger partial charge in [-0.25, -0.2) is 5.43 Å². The first-order valence-corrected chi connectivity index (χ1v) is 12.1. The van der Waals surface area contributed by atoms with Crippen molar-refractivity contribution < 1.29 is 9.90 Å². The number of fused-ring (bicyclic) bond motifs is 1. The molecule has 0 aliphatic heterocycles. The molecule has 1 amide bonds. The summed E-state index contributed by atoms with van der Waals surface area (Å²) < 4.78 is 1.62. The Morgan fingerprint density at radius 3 is 2.68 bits per heavy atom. The Hall–Kier alpha value is -2.88. The number of carbonyl (C=O) groups is 1. The van der Waals surface area contributed by atoms with Crippen LogP contribution in [0, 0.1) is 0 Å². The van der Waals surface area contributed by atoms with E-state index in [1.807, 2.05) is 6.07 Å². The second kappa shape index (κ2) is 10.4. The standard InChI is InChI=1S/C22H18N4O2S3/c27-18-9-3-5-15(11-18)12-23-24-20(28)14-30-22-26-25-21(31-22)29-13-17-8-4-7-16-6-1-2-10-19(16)17/h1-12,27H,13-14H2,(H,24,28). The van der Waals surface area contributed by atoms with E-state index in [-0.39, 0.29) is 17.4 Å². The monoisotopic (exact) mass is 466 g/mol. The number of amides is 1. The van der Waals surface area contributed by atoms with Crippen molar-refractivity contribution in [3.05, 3.63) is 77.9 Å². The normalized spacial score (nSPS) is 11.2. The van der Waals surface area contributed by atoms with Crippen molar-refractivity contribution >= 4 is 57.8 Å². The van der Waals surface area contributed by atoms with Gasteiger partial charge in [0, 0.05) is 5.75 Å². The molecule has 0 radical (unpaired) electrons. The Balaban J connectivity index is 1.25. The summed E-state index contributed by atoms with van der Waals surface area (Å²) in [6.45, 7) is 0. The van der Waals surface area contributed by atoms with Gasteiger partial charge in [0.05, 0.1) is 12.0 Å². The Labute approximate surface area is 191 Å². The number of hydrogen-bond acceptors (Lipinski definition) is 8. The molecule has 1 heterocycles. The molecule has 1 aromatic heterocycles. The van der Waals surface area contributed by atoms with Gasteiger partial charge in [0.15, 0.2) is 8.68 Å². The highest BCUT2D eigenvalue weighted by molar-refractivity contribution is 8.03. The topological polar surface area (TPSA) is 87.5 Å². The number of phenolic OH excluding ortho intramolecular Hbond substituents is 1. The molecule has 3 aromatic carbocycles. The lowest BCUT2D eigenvalue weighted by Gasteiger charge is -2.04. The van der Waals surface area contributed by atoms with E-state index < -0.39 is 0 Å². The second-order valence-corrected chi connectivity index (χ2v) is 9.86. The van der Waals surface area contributed by atoms with Crippen LogP contribution in [0.25, 0.3) is 10.8 Å². The first-order valence-electron chi connectivity index (χ1n) is 9.34. The molecule has 0 saturated heterocycles. The van der Waals surface area contributed by atoms with Gasteiger partial charge in [-0.2, -0.15) is 5.10 Å². The highest BCUT2D eigenvalue weighted by Gasteiger charge is 2.09. The van der Waals surface area contributed by atoms with Crippen molar-refractivity contribution in [2.45, 2.75) is 14.4 Å². The molecule has 0 unspecified atom stereocenters. The molecule has 0 fully saturated rings. The maximum absolute atomic E-state index is 12.0. The summed E-state index contributed by atoms with van der Waals surface area (Å²) in [6, 6.07) is 21.3. The summed E-state index contributed by atoms with van der Waals surface area (Å²) in [6.07, 6.45) is 1.48. The third-order valence-electron chi connectivity index (χ3n) is 4.22. The van der Waals surface area contributed by atoms with E-state index in [4.69, 9.17) is 0 Å². The molecule has 0 spiro atoms. The average molecular weight is 467 g/mol. The van der Waals surface area contributed by atoms with E-state index in [9.17, 15) is 9.90 Å². The third-order valence-corrected chi connectivity index (χ3v) is 7.46. The van der Waals surface area contributed by atoms with Crippen LogP contribution in [0.5, 0.6) is 5.75 Å². The number of phenols is 1. The average Bonchev–Trinajstić information content (AvgIpc) is 3.24. The van der Waals surface area contributed by atoms with Crippen LogP contribution in [0.1, 0.15) is 11.1 Å². The number of aromatic nitrogens is 2. The van der Waals surface area contributed by atoms with E-state index in [2.05, 4.69) is 57.1 Å². The van der Waals surface area contributed by atoms with Crippen LogP contribution in [-0.2, 0) is 10.5 Å². The molecular weight excluding hydrogens is 448 g/mol. The van der Waals surface area contributed by atoms with Gasteiger partial charge in [0.25, 0.3) is 5.91 Å². The Bertz CT molecular complexity index is 1220. The number of nitrogens with zero attached hydrogens (tertiary/aromatic N) is 3. The highest BCUT2D eigenvalue weighted by Crippen LogP contribution is 2.32. The number of carbonyl (C=O) groups excluding carboxylic acids is 1. The number of aromatic hydroxyl groups is 1. The van der Waals surface area contributed by atoms with Crippen molar-refractivity contribution in [2.24, 2.45) is 5.10 Å². The minimum Gasteiger partial charge on any atom is -0.508 e. The lowest BCUT2D eigenvalue weighted by Crippen LogP contribution is -2.19. The van der Waals surface area contributed by atoms with E-state index in [0.717, 1.165) is 14.4 Å². The number of hydrazone groups is 1. The predicted octanol–water partition coefficient (Wildman–Crippen LogP) is 4.93. The van der Waals surface area contributed by atoms with Gasteiger partial charge in [-0.3, -0.25) is 4.79 Å². The van der Waals surface area contributed by atoms with Gasteiger partial charge >= 0.3 is 0 Å².